The molecule has 1 aliphatic carbocycles. The molecule has 0 saturated heterocycles. The minimum absolute atomic E-state index is 0.207. The van der Waals surface area contributed by atoms with Gasteiger partial charge >= 0.3 is 0 Å². The molecule has 1 atom stereocenters. The van der Waals surface area contributed by atoms with Crippen molar-refractivity contribution in [3.8, 4) is 5.75 Å². The predicted octanol–water partition coefficient (Wildman–Crippen LogP) is 2.52. The van der Waals surface area contributed by atoms with Gasteiger partial charge in [-0.05, 0) is 43.2 Å². The van der Waals surface area contributed by atoms with Gasteiger partial charge in [-0.25, -0.2) is 0 Å². The van der Waals surface area contributed by atoms with Gasteiger partial charge in [0.2, 0.25) is 0 Å². The van der Waals surface area contributed by atoms with Crippen molar-refractivity contribution in [1.29, 1.82) is 0 Å². The monoisotopic (exact) mass is 275 g/mol. The maximum Gasteiger partial charge on any atom is 0.123 e. The van der Waals surface area contributed by atoms with Crippen molar-refractivity contribution in [2.45, 2.75) is 50.7 Å². The first-order chi connectivity index (χ1) is 9.65. The van der Waals surface area contributed by atoms with Gasteiger partial charge in [0.05, 0.1) is 5.60 Å². The van der Waals surface area contributed by atoms with Crippen molar-refractivity contribution < 1.29 is 9.84 Å². The summed E-state index contributed by atoms with van der Waals surface area (Å²) in [5.41, 5.74) is 0.794. The van der Waals surface area contributed by atoms with Crippen molar-refractivity contribution >= 4 is 0 Å². The molecule has 1 aromatic rings. The predicted molar refractivity (Wildman–Crippen MR) is 80.0 cm³/mol. The second-order valence-corrected chi connectivity index (χ2v) is 6.59. The lowest BCUT2D eigenvalue weighted by Gasteiger charge is -2.35. The van der Waals surface area contributed by atoms with Crippen LogP contribution in [0, 0.1) is 5.92 Å². The average molecular weight is 275 g/mol. The first-order valence-electron chi connectivity index (χ1n) is 7.82. The van der Waals surface area contributed by atoms with Crippen LogP contribution >= 0.6 is 0 Å². The van der Waals surface area contributed by atoms with Crippen molar-refractivity contribution in [1.82, 2.24) is 5.32 Å². The lowest BCUT2D eigenvalue weighted by molar-refractivity contribution is -0.00728. The standard InChI is InChI=1S/C17H25NO2/c1-13-6-8-17(19,9-7-13)12-18-11-15-10-14-4-2-3-5-16(14)20-15/h2-5,13,15,18-19H,6-12H2,1H3. The number of fused-ring (bicyclic) bond motifs is 1. The van der Waals surface area contributed by atoms with Crippen LogP contribution in [-0.4, -0.2) is 29.9 Å². The van der Waals surface area contributed by atoms with Crippen LogP contribution in [0.25, 0.3) is 0 Å². The lowest BCUT2D eigenvalue weighted by atomic mass is 9.79. The van der Waals surface area contributed by atoms with Crippen LogP contribution in [0.2, 0.25) is 0 Å². The van der Waals surface area contributed by atoms with Crippen LogP contribution < -0.4 is 10.1 Å². The number of hydrogen-bond donors (Lipinski definition) is 2. The van der Waals surface area contributed by atoms with Crippen LogP contribution in [0.4, 0.5) is 0 Å². The number of ether oxygens (including phenoxy) is 1. The molecule has 3 rings (SSSR count). The van der Waals surface area contributed by atoms with E-state index >= 15 is 0 Å². The SMILES string of the molecule is CC1CCC(O)(CNCC2Cc3ccccc3O2)CC1. The van der Waals surface area contributed by atoms with Gasteiger partial charge < -0.3 is 15.2 Å². The molecule has 1 fully saturated rings. The average Bonchev–Trinajstić information content (AvgIpc) is 2.85. The summed E-state index contributed by atoms with van der Waals surface area (Å²) in [5.74, 6) is 1.78. The molecule has 1 heterocycles. The molecule has 110 valence electrons. The smallest absolute Gasteiger partial charge is 0.123 e. The largest absolute Gasteiger partial charge is 0.488 e. The molecule has 20 heavy (non-hydrogen) atoms. The van der Waals surface area contributed by atoms with Crippen LogP contribution in [0.5, 0.6) is 5.75 Å². The number of para-hydroxylation sites is 1. The van der Waals surface area contributed by atoms with Crippen LogP contribution in [-0.2, 0) is 6.42 Å². The Bertz CT molecular complexity index is 427. The molecular formula is C17H25NO2. The maximum atomic E-state index is 10.5. The first-order valence-corrected chi connectivity index (χ1v) is 7.82. The van der Waals surface area contributed by atoms with E-state index < -0.39 is 5.60 Å². The molecule has 1 aromatic carbocycles. The summed E-state index contributed by atoms with van der Waals surface area (Å²) >= 11 is 0. The summed E-state index contributed by atoms with van der Waals surface area (Å²) in [4.78, 5) is 0. The fraction of sp³-hybridized carbons (Fsp3) is 0.647. The number of nitrogens with one attached hydrogen (secondary N) is 1. The van der Waals surface area contributed by atoms with Crippen LogP contribution in [0.1, 0.15) is 38.2 Å². The molecule has 1 saturated carbocycles. The second kappa shape index (κ2) is 5.74. The Morgan fingerprint density at radius 1 is 1.30 bits per heavy atom. The molecule has 1 unspecified atom stereocenters. The number of hydrogen-bond acceptors (Lipinski definition) is 3. The van der Waals surface area contributed by atoms with Crippen molar-refractivity contribution in [2.24, 2.45) is 5.92 Å². The van der Waals surface area contributed by atoms with Gasteiger partial charge in [-0.3, -0.25) is 0 Å². The Morgan fingerprint density at radius 2 is 2.05 bits per heavy atom. The van der Waals surface area contributed by atoms with E-state index in [2.05, 4.69) is 24.4 Å². The van der Waals surface area contributed by atoms with Crippen LogP contribution in [0.15, 0.2) is 24.3 Å². The minimum Gasteiger partial charge on any atom is -0.488 e. The number of rotatable bonds is 4. The normalized spacial score (nSPS) is 32.7. The van der Waals surface area contributed by atoms with Gasteiger partial charge in [0.1, 0.15) is 11.9 Å². The third kappa shape index (κ3) is 3.15. The third-order valence-electron chi connectivity index (χ3n) is 4.74. The highest BCUT2D eigenvalue weighted by molar-refractivity contribution is 5.37. The zero-order valence-corrected chi connectivity index (χ0v) is 12.3. The minimum atomic E-state index is -0.502. The summed E-state index contributed by atoms with van der Waals surface area (Å²) in [6.45, 7) is 3.78. The molecule has 3 heteroatoms. The third-order valence-corrected chi connectivity index (χ3v) is 4.74. The fourth-order valence-electron chi connectivity index (χ4n) is 3.31. The topological polar surface area (TPSA) is 41.5 Å². The Labute approximate surface area is 121 Å². The quantitative estimate of drug-likeness (QED) is 0.887. The first kappa shape index (κ1) is 13.9. The van der Waals surface area contributed by atoms with Gasteiger partial charge in [-0.15, -0.1) is 0 Å². The molecule has 3 nitrogen and oxygen atoms in total. The van der Waals surface area contributed by atoms with E-state index in [9.17, 15) is 5.11 Å². The highest BCUT2D eigenvalue weighted by atomic mass is 16.5. The van der Waals surface area contributed by atoms with E-state index in [0.717, 1.165) is 50.3 Å². The van der Waals surface area contributed by atoms with E-state index in [1.165, 1.54) is 5.56 Å². The number of aliphatic hydroxyl groups is 1. The van der Waals surface area contributed by atoms with E-state index in [-0.39, 0.29) is 6.10 Å². The lowest BCUT2D eigenvalue weighted by Crippen LogP contribution is -2.45. The van der Waals surface area contributed by atoms with E-state index in [1.807, 2.05) is 12.1 Å². The summed E-state index contributed by atoms with van der Waals surface area (Å²) < 4.78 is 5.90. The fourth-order valence-corrected chi connectivity index (χ4v) is 3.31. The number of benzene rings is 1. The van der Waals surface area contributed by atoms with Crippen molar-refractivity contribution in [3.63, 3.8) is 0 Å². The Kier molecular flexibility index (Phi) is 3.99. The molecule has 1 aliphatic heterocycles. The van der Waals surface area contributed by atoms with E-state index in [1.54, 1.807) is 0 Å². The zero-order valence-electron chi connectivity index (χ0n) is 12.3. The molecule has 0 radical (unpaired) electrons. The highest BCUT2D eigenvalue weighted by Crippen LogP contribution is 2.31. The van der Waals surface area contributed by atoms with Gasteiger partial charge in [0.25, 0.3) is 0 Å². The molecule has 0 aromatic heterocycles. The van der Waals surface area contributed by atoms with Gasteiger partial charge in [0.15, 0.2) is 0 Å². The van der Waals surface area contributed by atoms with Gasteiger partial charge in [-0.1, -0.05) is 25.1 Å². The van der Waals surface area contributed by atoms with E-state index in [0.29, 0.717) is 6.54 Å². The van der Waals surface area contributed by atoms with Crippen molar-refractivity contribution in [2.75, 3.05) is 13.1 Å². The Hall–Kier alpha value is -1.06. The Balaban J connectivity index is 1.43. The maximum absolute atomic E-state index is 10.5. The zero-order chi connectivity index (χ0) is 14.0. The summed E-state index contributed by atoms with van der Waals surface area (Å²) in [5, 5.41) is 13.9. The van der Waals surface area contributed by atoms with Crippen LogP contribution in [0.3, 0.4) is 0 Å². The summed E-state index contributed by atoms with van der Waals surface area (Å²) in [7, 11) is 0. The van der Waals surface area contributed by atoms with Gasteiger partial charge in [0, 0.05) is 19.5 Å². The second-order valence-electron chi connectivity index (χ2n) is 6.59. The summed E-state index contributed by atoms with van der Waals surface area (Å²) in [6.07, 6.45) is 5.31. The molecule has 2 aliphatic rings. The molecule has 0 amide bonds. The molecule has 0 spiro atoms. The molecule has 2 N–H and O–H groups in total. The molecular weight excluding hydrogens is 250 g/mol. The summed E-state index contributed by atoms with van der Waals surface area (Å²) in [6, 6.07) is 8.24. The van der Waals surface area contributed by atoms with E-state index in [4.69, 9.17) is 4.74 Å². The van der Waals surface area contributed by atoms with Gasteiger partial charge in [-0.2, -0.15) is 0 Å². The highest BCUT2D eigenvalue weighted by Gasteiger charge is 2.32. The Morgan fingerprint density at radius 3 is 2.80 bits per heavy atom. The van der Waals surface area contributed by atoms with Crippen molar-refractivity contribution in [3.05, 3.63) is 29.8 Å². The molecule has 0 bridgehead atoms.